The van der Waals surface area contributed by atoms with Crippen LogP contribution < -0.4 is 20.1 Å². The van der Waals surface area contributed by atoms with Gasteiger partial charge in [-0.05, 0) is 51.5 Å². The van der Waals surface area contributed by atoms with Crippen LogP contribution in [0.2, 0.25) is 0 Å². The maximum atomic E-state index is 13.1. The van der Waals surface area contributed by atoms with Crippen LogP contribution in [0, 0.1) is 6.92 Å². The lowest BCUT2D eigenvalue weighted by molar-refractivity contribution is -0.123. The Morgan fingerprint density at radius 2 is 1.84 bits per heavy atom. The smallest absolute Gasteiger partial charge is 0.269 e. The van der Waals surface area contributed by atoms with Crippen LogP contribution >= 0.6 is 11.3 Å². The van der Waals surface area contributed by atoms with E-state index in [2.05, 4.69) is 10.3 Å². The number of rotatable bonds is 5. The Morgan fingerprint density at radius 1 is 1.13 bits per heavy atom. The van der Waals surface area contributed by atoms with Crippen LogP contribution in [-0.4, -0.2) is 26.8 Å². The van der Waals surface area contributed by atoms with E-state index in [9.17, 15) is 14.4 Å². The van der Waals surface area contributed by atoms with E-state index >= 15 is 0 Å². The summed E-state index contributed by atoms with van der Waals surface area (Å²) in [4.78, 5) is 42.7. The Labute approximate surface area is 184 Å². The highest BCUT2D eigenvalue weighted by atomic mass is 32.1. The number of nitrogens with zero attached hydrogens (tertiary/aromatic N) is 2. The lowest BCUT2D eigenvalue weighted by Gasteiger charge is -2.20. The van der Waals surface area contributed by atoms with Gasteiger partial charge in [0.25, 0.3) is 5.56 Å². The van der Waals surface area contributed by atoms with E-state index in [4.69, 9.17) is 0 Å². The number of amides is 1. The summed E-state index contributed by atoms with van der Waals surface area (Å²) in [5.74, 6) is -0.511. The van der Waals surface area contributed by atoms with Crippen molar-refractivity contribution in [3.05, 3.63) is 85.0 Å². The summed E-state index contributed by atoms with van der Waals surface area (Å²) in [6.07, 6.45) is 4.73. The number of ketones is 1. The third kappa shape index (κ3) is 5.86. The van der Waals surface area contributed by atoms with Crippen LogP contribution in [0.3, 0.4) is 0 Å². The Hall–Kier alpha value is -3.32. The topological polar surface area (TPSA) is 81.1 Å². The van der Waals surface area contributed by atoms with Gasteiger partial charge in [0.05, 0.1) is 10.2 Å². The zero-order chi connectivity index (χ0) is 22.6. The van der Waals surface area contributed by atoms with Crippen molar-refractivity contribution in [1.82, 2.24) is 14.9 Å². The first-order chi connectivity index (χ1) is 14.6. The number of aryl methyl sites for hydroxylation is 1. The molecule has 1 amide bonds. The van der Waals surface area contributed by atoms with Crippen molar-refractivity contribution >= 4 is 35.2 Å². The molecule has 0 spiro atoms. The molecule has 160 valence electrons. The van der Waals surface area contributed by atoms with Crippen molar-refractivity contribution in [3.63, 3.8) is 0 Å². The average molecular weight is 436 g/mol. The Morgan fingerprint density at radius 3 is 2.48 bits per heavy atom. The molecule has 1 N–H and O–H groups in total. The SMILES string of the molecule is Cc1ccccc1C(=O)C=c1sc(=Cc2ccccn2)c(=O)n1CC(=O)NC(C)(C)C. The predicted octanol–water partition coefficient (Wildman–Crippen LogP) is 2.02. The molecule has 3 aromatic rings. The molecule has 0 aliphatic rings. The van der Waals surface area contributed by atoms with Gasteiger partial charge in [0.15, 0.2) is 5.78 Å². The molecule has 3 rings (SSSR count). The molecule has 2 aromatic heterocycles. The van der Waals surface area contributed by atoms with Crippen LogP contribution in [0.1, 0.15) is 42.4 Å². The first-order valence-electron chi connectivity index (χ1n) is 9.89. The maximum Gasteiger partial charge on any atom is 0.269 e. The second-order valence-corrected chi connectivity index (χ2v) is 9.28. The molecule has 2 heterocycles. The monoisotopic (exact) mass is 435 g/mol. The highest BCUT2D eigenvalue weighted by Gasteiger charge is 2.17. The fourth-order valence-electron chi connectivity index (χ4n) is 3.03. The second-order valence-electron chi connectivity index (χ2n) is 8.22. The second kappa shape index (κ2) is 9.22. The molecule has 0 aliphatic heterocycles. The molecule has 0 radical (unpaired) electrons. The molecule has 31 heavy (non-hydrogen) atoms. The van der Waals surface area contributed by atoms with E-state index in [1.54, 1.807) is 36.5 Å². The van der Waals surface area contributed by atoms with Crippen molar-refractivity contribution in [3.8, 4) is 0 Å². The number of hydrogen-bond acceptors (Lipinski definition) is 5. The number of aromatic nitrogens is 2. The minimum atomic E-state index is -0.430. The summed E-state index contributed by atoms with van der Waals surface area (Å²) in [5, 5.41) is 2.86. The average Bonchev–Trinajstić information content (AvgIpc) is 2.96. The van der Waals surface area contributed by atoms with Gasteiger partial charge in [-0.1, -0.05) is 30.3 Å². The number of carbonyl (C=O) groups is 2. The fraction of sp³-hybridized carbons (Fsp3) is 0.250. The number of pyridine rings is 1. The fourth-order valence-corrected chi connectivity index (χ4v) is 4.06. The van der Waals surface area contributed by atoms with Crippen LogP contribution in [0.4, 0.5) is 0 Å². The number of thiazole rings is 1. The summed E-state index contributed by atoms with van der Waals surface area (Å²) in [5.41, 5.74) is 1.28. The zero-order valence-electron chi connectivity index (χ0n) is 18.0. The van der Waals surface area contributed by atoms with Crippen LogP contribution in [0.25, 0.3) is 12.2 Å². The van der Waals surface area contributed by atoms with Gasteiger partial charge in [-0.25, -0.2) is 0 Å². The minimum Gasteiger partial charge on any atom is -0.350 e. The van der Waals surface area contributed by atoms with Crippen LogP contribution in [-0.2, 0) is 11.3 Å². The molecular weight excluding hydrogens is 410 g/mol. The van der Waals surface area contributed by atoms with Gasteiger partial charge >= 0.3 is 0 Å². The molecule has 7 heteroatoms. The number of benzene rings is 1. The van der Waals surface area contributed by atoms with Gasteiger partial charge < -0.3 is 5.32 Å². The van der Waals surface area contributed by atoms with Crippen molar-refractivity contribution in [2.45, 2.75) is 39.8 Å². The number of hydrogen-bond donors (Lipinski definition) is 1. The summed E-state index contributed by atoms with van der Waals surface area (Å²) >= 11 is 1.17. The van der Waals surface area contributed by atoms with E-state index in [1.807, 2.05) is 45.9 Å². The Balaban J connectivity index is 2.12. The van der Waals surface area contributed by atoms with E-state index in [0.717, 1.165) is 5.56 Å². The molecule has 6 nitrogen and oxygen atoms in total. The first kappa shape index (κ1) is 22.4. The van der Waals surface area contributed by atoms with E-state index in [-0.39, 0.29) is 23.8 Å². The molecule has 0 unspecified atom stereocenters. The van der Waals surface area contributed by atoms with Gasteiger partial charge in [0, 0.05) is 23.4 Å². The summed E-state index contributed by atoms with van der Waals surface area (Å²) < 4.78 is 2.17. The quantitative estimate of drug-likeness (QED) is 0.622. The summed E-state index contributed by atoms with van der Waals surface area (Å²) in [6.45, 7) is 7.30. The lowest BCUT2D eigenvalue weighted by atomic mass is 10.1. The standard InChI is InChI=1S/C24H25N3O3S/c1-16-9-5-6-11-18(16)19(28)14-22-27(15-21(29)26-24(2,3)4)23(30)20(31-22)13-17-10-7-8-12-25-17/h5-14H,15H2,1-4H3,(H,26,29). The van der Waals surface area contributed by atoms with Crippen molar-refractivity contribution in [1.29, 1.82) is 0 Å². The third-order valence-corrected chi connectivity index (χ3v) is 5.44. The summed E-state index contributed by atoms with van der Waals surface area (Å²) in [6, 6.07) is 12.7. The number of nitrogens with one attached hydrogen (secondary N) is 1. The van der Waals surface area contributed by atoms with Crippen molar-refractivity contribution in [2.24, 2.45) is 0 Å². The van der Waals surface area contributed by atoms with Crippen molar-refractivity contribution < 1.29 is 9.59 Å². The van der Waals surface area contributed by atoms with E-state index < -0.39 is 5.54 Å². The Kier molecular flexibility index (Phi) is 6.65. The normalized spacial score (nSPS) is 12.8. The highest BCUT2D eigenvalue weighted by Crippen LogP contribution is 2.08. The zero-order valence-corrected chi connectivity index (χ0v) is 18.8. The molecule has 0 saturated carbocycles. The van der Waals surface area contributed by atoms with Gasteiger partial charge in [-0.15, -0.1) is 11.3 Å². The number of Topliss-reactive ketones (excluding diaryl/α,β-unsaturated/α-hetero) is 1. The van der Waals surface area contributed by atoms with Crippen LogP contribution in [0.15, 0.2) is 53.5 Å². The minimum absolute atomic E-state index is 0.171. The Bertz CT molecular complexity index is 1280. The van der Waals surface area contributed by atoms with Gasteiger partial charge in [-0.3, -0.25) is 23.9 Å². The largest absolute Gasteiger partial charge is 0.350 e. The van der Waals surface area contributed by atoms with Gasteiger partial charge in [0.1, 0.15) is 11.2 Å². The maximum absolute atomic E-state index is 13.1. The van der Waals surface area contributed by atoms with Crippen molar-refractivity contribution in [2.75, 3.05) is 0 Å². The highest BCUT2D eigenvalue weighted by molar-refractivity contribution is 7.07. The third-order valence-electron chi connectivity index (χ3n) is 4.38. The lowest BCUT2D eigenvalue weighted by Crippen LogP contribution is -2.45. The molecule has 0 aliphatic carbocycles. The molecular formula is C24H25N3O3S. The molecule has 0 bridgehead atoms. The number of carbonyl (C=O) groups excluding carboxylic acids is 2. The molecule has 1 aromatic carbocycles. The van der Waals surface area contributed by atoms with Gasteiger partial charge in [-0.2, -0.15) is 0 Å². The molecule has 0 fully saturated rings. The summed E-state index contributed by atoms with van der Waals surface area (Å²) in [7, 11) is 0. The molecule has 0 saturated heterocycles. The van der Waals surface area contributed by atoms with Gasteiger partial charge in [0.2, 0.25) is 5.91 Å². The van der Waals surface area contributed by atoms with Crippen LogP contribution in [0.5, 0.6) is 0 Å². The molecule has 0 atom stereocenters. The van der Waals surface area contributed by atoms with E-state index in [1.165, 1.54) is 22.0 Å². The van der Waals surface area contributed by atoms with E-state index in [0.29, 0.717) is 20.5 Å². The first-order valence-corrected chi connectivity index (χ1v) is 10.7. The predicted molar refractivity (Wildman–Crippen MR) is 124 cm³/mol.